The van der Waals surface area contributed by atoms with Crippen LogP contribution in [0.4, 0.5) is 14.5 Å². The molecule has 0 aliphatic heterocycles. The average Bonchev–Trinajstić information content (AvgIpc) is 2.77. The second-order valence-corrected chi connectivity index (χ2v) is 8.98. The summed E-state index contributed by atoms with van der Waals surface area (Å²) in [6, 6.07) is 11.5. The van der Waals surface area contributed by atoms with Crippen LogP contribution in [-0.2, 0) is 16.6 Å². The smallest absolute Gasteiger partial charge is 0.264 e. The molecule has 0 saturated heterocycles. The number of carbonyl (C=O) groups excluding carboxylic acids is 1. The molecule has 0 radical (unpaired) electrons. The number of fused-ring (bicyclic) bond motifs is 1. The average molecular weight is 489 g/mol. The monoisotopic (exact) mass is 488 g/mol. The summed E-state index contributed by atoms with van der Waals surface area (Å²) in [7, 11) is -4.18. The highest BCUT2D eigenvalue weighted by Crippen LogP contribution is 2.26. The van der Waals surface area contributed by atoms with Crippen molar-refractivity contribution in [2.24, 2.45) is 0 Å². The minimum atomic E-state index is -4.18. The van der Waals surface area contributed by atoms with Gasteiger partial charge in [0, 0.05) is 35.6 Å². The number of hydrogen-bond donors (Lipinski definition) is 2. The van der Waals surface area contributed by atoms with Crippen molar-refractivity contribution in [3.05, 3.63) is 94.8 Å². The van der Waals surface area contributed by atoms with Crippen molar-refractivity contribution < 1.29 is 22.0 Å². The second kappa shape index (κ2) is 9.08. The summed E-state index contributed by atoms with van der Waals surface area (Å²) < 4.78 is 55.6. The lowest BCUT2D eigenvalue weighted by Crippen LogP contribution is -2.25. The Labute approximate surface area is 192 Å². The van der Waals surface area contributed by atoms with Gasteiger partial charge in [-0.15, -0.1) is 0 Å². The van der Waals surface area contributed by atoms with E-state index in [0.717, 1.165) is 6.07 Å². The maximum Gasteiger partial charge on any atom is 0.264 e. The number of nitrogens with zero attached hydrogens (tertiary/aromatic N) is 2. The molecular weight excluding hydrogens is 474 g/mol. The van der Waals surface area contributed by atoms with Gasteiger partial charge in [0.15, 0.2) is 0 Å². The van der Waals surface area contributed by atoms with Gasteiger partial charge in [-0.05, 0) is 36.4 Å². The fourth-order valence-electron chi connectivity index (χ4n) is 3.12. The van der Waals surface area contributed by atoms with Gasteiger partial charge in [0.1, 0.15) is 22.0 Å². The van der Waals surface area contributed by atoms with Crippen LogP contribution in [0.1, 0.15) is 15.9 Å². The van der Waals surface area contributed by atoms with E-state index in [1.807, 2.05) is 0 Å². The van der Waals surface area contributed by atoms with Crippen LogP contribution in [0.2, 0.25) is 5.02 Å². The lowest BCUT2D eigenvalue weighted by atomic mass is 10.1. The predicted molar refractivity (Wildman–Crippen MR) is 119 cm³/mol. The number of aromatic nitrogens is 2. The molecular formula is C22H15ClF2N4O3S. The van der Waals surface area contributed by atoms with Crippen LogP contribution in [0.25, 0.3) is 11.0 Å². The first-order valence-electron chi connectivity index (χ1n) is 9.49. The lowest BCUT2D eigenvalue weighted by molar-refractivity contribution is 0.0951. The topological polar surface area (TPSA) is 101 Å². The summed E-state index contributed by atoms with van der Waals surface area (Å²) in [5, 5.41) is 2.68. The number of anilines is 1. The Balaban J connectivity index is 1.63. The van der Waals surface area contributed by atoms with Crippen LogP contribution >= 0.6 is 11.6 Å². The Morgan fingerprint density at radius 2 is 1.79 bits per heavy atom. The number of carbonyl (C=O) groups is 1. The van der Waals surface area contributed by atoms with Crippen LogP contribution in [0.3, 0.4) is 0 Å². The fraction of sp³-hybridized carbons (Fsp3) is 0.0455. The summed E-state index contributed by atoms with van der Waals surface area (Å²) in [4.78, 5) is 20.8. The standard InChI is InChI=1S/C22H15ClF2N4O3S/c23-14-5-7-16(22(30)28-12-13-4-6-15(24)11-17(13)25)19(10-14)29-33(31,32)20-3-1-2-18-21(20)27-9-8-26-18/h1-11,29H,12H2,(H,28,30). The third-order valence-electron chi connectivity index (χ3n) is 4.68. The first kappa shape index (κ1) is 22.6. The molecule has 11 heteroatoms. The maximum atomic E-state index is 13.9. The zero-order valence-electron chi connectivity index (χ0n) is 16.7. The summed E-state index contributed by atoms with van der Waals surface area (Å²) in [6.45, 7) is -0.237. The minimum Gasteiger partial charge on any atom is -0.348 e. The highest BCUT2D eigenvalue weighted by atomic mass is 35.5. The molecule has 4 aromatic rings. The molecule has 0 aliphatic carbocycles. The highest BCUT2D eigenvalue weighted by Gasteiger charge is 2.22. The molecule has 7 nitrogen and oxygen atoms in total. The largest absolute Gasteiger partial charge is 0.348 e. The van der Waals surface area contributed by atoms with Gasteiger partial charge in [-0.2, -0.15) is 0 Å². The van der Waals surface area contributed by atoms with E-state index in [1.54, 1.807) is 6.07 Å². The van der Waals surface area contributed by atoms with Gasteiger partial charge in [-0.3, -0.25) is 19.5 Å². The molecule has 4 rings (SSSR count). The number of halogens is 3. The molecule has 33 heavy (non-hydrogen) atoms. The zero-order valence-corrected chi connectivity index (χ0v) is 18.3. The van der Waals surface area contributed by atoms with E-state index in [9.17, 15) is 22.0 Å². The number of sulfonamides is 1. The normalized spacial score (nSPS) is 11.4. The van der Waals surface area contributed by atoms with Crippen molar-refractivity contribution in [2.75, 3.05) is 4.72 Å². The summed E-state index contributed by atoms with van der Waals surface area (Å²) >= 11 is 6.03. The minimum absolute atomic E-state index is 0.0446. The Hall–Kier alpha value is -3.63. The zero-order chi connectivity index (χ0) is 23.6. The van der Waals surface area contributed by atoms with Gasteiger partial charge in [0.05, 0.1) is 16.8 Å². The van der Waals surface area contributed by atoms with E-state index < -0.39 is 27.6 Å². The van der Waals surface area contributed by atoms with Crippen LogP contribution < -0.4 is 10.0 Å². The van der Waals surface area contributed by atoms with Crippen molar-refractivity contribution in [1.82, 2.24) is 15.3 Å². The first-order valence-corrected chi connectivity index (χ1v) is 11.3. The summed E-state index contributed by atoms with van der Waals surface area (Å²) in [5.74, 6) is -2.25. The molecule has 2 N–H and O–H groups in total. The Morgan fingerprint density at radius 3 is 2.58 bits per heavy atom. The third kappa shape index (κ3) is 4.91. The molecule has 0 spiro atoms. The van der Waals surface area contributed by atoms with E-state index in [0.29, 0.717) is 11.6 Å². The maximum absolute atomic E-state index is 13.9. The van der Waals surface area contributed by atoms with Crippen molar-refractivity contribution in [2.45, 2.75) is 11.4 Å². The van der Waals surface area contributed by atoms with E-state index in [-0.39, 0.29) is 38.8 Å². The van der Waals surface area contributed by atoms with Gasteiger partial charge in [0.25, 0.3) is 15.9 Å². The Bertz CT molecular complexity index is 1480. The number of amides is 1. The van der Waals surface area contributed by atoms with E-state index >= 15 is 0 Å². The molecule has 3 aromatic carbocycles. The van der Waals surface area contributed by atoms with Gasteiger partial charge >= 0.3 is 0 Å². The number of benzene rings is 3. The van der Waals surface area contributed by atoms with Crippen molar-refractivity contribution >= 4 is 44.3 Å². The van der Waals surface area contributed by atoms with Crippen molar-refractivity contribution in [1.29, 1.82) is 0 Å². The molecule has 1 amide bonds. The van der Waals surface area contributed by atoms with Gasteiger partial charge in [0.2, 0.25) is 0 Å². The van der Waals surface area contributed by atoms with Crippen molar-refractivity contribution in [3.63, 3.8) is 0 Å². The first-order chi connectivity index (χ1) is 15.7. The van der Waals surface area contributed by atoms with Crippen LogP contribution in [0.15, 0.2) is 71.9 Å². The molecule has 0 aliphatic rings. The fourth-order valence-corrected chi connectivity index (χ4v) is 4.53. The van der Waals surface area contributed by atoms with Crippen LogP contribution in [0.5, 0.6) is 0 Å². The highest BCUT2D eigenvalue weighted by molar-refractivity contribution is 7.93. The van der Waals surface area contributed by atoms with Crippen molar-refractivity contribution in [3.8, 4) is 0 Å². The molecule has 0 fully saturated rings. The van der Waals surface area contributed by atoms with E-state index in [1.165, 1.54) is 48.8 Å². The number of hydrogen-bond acceptors (Lipinski definition) is 5. The lowest BCUT2D eigenvalue weighted by Gasteiger charge is -2.14. The molecule has 1 aromatic heterocycles. The van der Waals surface area contributed by atoms with Gasteiger partial charge < -0.3 is 5.32 Å². The van der Waals surface area contributed by atoms with Gasteiger partial charge in [-0.25, -0.2) is 17.2 Å². The predicted octanol–water partition coefficient (Wildman–Crippen LogP) is 4.29. The van der Waals surface area contributed by atoms with E-state index in [2.05, 4.69) is 20.0 Å². The molecule has 0 atom stereocenters. The molecule has 1 heterocycles. The van der Waals surface area contributed by atoms with E-state index in [4.69, 9.17) is 11.6 Å². The molecule has 0 saturated carbocycles. The number of rotatable bonds is 6. The second-order valence-electron chi connectivity index (χ2n) is 6.89. The molecule has 0 bridgehead atoms. The SMILES string of the molecule is O=C(NCc1ccc(F)cc1F)c1ccc(Cl)cc1NS(=O)(=O)c1cccc2nccnc12. The number of para-hydroxylation sites is 1. The Morgan fingerprint density at radius 1 is 1.00 bits per heavy atom. The summed E-state index contributed by atoms with van der Waals surface area (Å²) in [6.07, 6.45) is 2.81. The number of nitrogens with one attached hydrogen (secondary N) is 2. The van der Waals surface area contributed by atoms with Crippen LogP contribution in [-0.4, -0.2) is 24.3 Å². The summed E-state index contributed by atoms with van der Waals surface area (Å²) in [5.41, 5.74) is 0.477. The van der Waals surface area contributed by atoms with Gasteiger partial charge in [-0.1, -0.05) is 23.7 Å². The Kier molecular flexibility index (Phi) is 6.21. The quantitative estimate of drug-likeness (QED) is 0.421. The molecule has 168 valence electrons. The third-order valence-corrected chi connectivity index (χ3v) is 6.31. The van der Waals surface area contributed by atoms with Crippen LogP contribution in [0, 0.1) is 11.6 Å². The molecule has 0 unspecified atom stereocenters.